The van der Waals surface area contributed by atoms with E-state index in [2.05, 4.69) is 10.3 Å². The Bertz CT molecular complexity index is 842. The minimum atomic E-state index is -0.257. The zero-order chi connectivity index (χ0) is 15.0. The van der Waals surface area contributed by atoms with Crippen molar-refractivity contribution in [2.75, 3.05) is 5.32 Å². The molecule has 0 aliphatic carbocycles. The number of hydrogen-bond donors (Lipinski definition) is 2. The fraction of sp³-hybridized carbons (Fsp3) is 0. The van der Waals surface area contributed by atoms with Crippen molar-refractivity contribution in [1.82, 2.24) is 4.98 Å². The van der Waals surface area contributed by atoms with Crippen LogP contribution in [0.3, 0.4) is 0 Å². The summed E-state index contributed by atoms with van der Waals surface area (Å²) in [6.07, 6.45) is 1.64. The molecule has 1 aromatic heterocycles. The fourth-order valence-corrected chi connectivity index (χ4v) is 2.69. The molecule has 3 aromatic rings. The Morgan fingerprint density at radius 1 is 1.00 bits per heavy atom. The molecular weight excluding hydrogens is 331 g/mol. The monoisotopic (exact) mass is 338 g/mol. The molecule has 21 heavy (non-hydrogen) atoms. The largest absolute Gasteiger partial charge is 0.360 e. The molecule has 6 heteroatoms. The highest BCUT2D eigenvalue weighted by atomic mass is 35.5. The van der Waals surface area contributed by atoms with Crippen LogP contribution in [0.15, 0.2) is 42.6 Å². The molecule has 0 radical (unpaired) electrons. The quantitative estimate of drug-likeness (QED) is 0.647. The first-order valence-electron chi connectivity index (χ1n) is 6.07. The van der Waals surface area contributed by atoms with Crippen LogP contribution in [0.4, 0.5) is 5.69 Å². The maximum atomic E-state index is 12.4. The summed E-state index contributed by atoms with van der Waals surface area (Å²) >= 11 is 17.8. The number of halogens is 3. The van der Waals surface area contributed by atoms with Gasteiger partial charge in [0.15, 0.2) is 0 Å². The molecule has 0 spiro atoms. The molecule has 0 aliphatic rings. The van der Waals surface area contributed by atoms with E-state index in [-0.39, 0.29) is 5.91 Å². The Morgan fingerprint density at radius 2 is 1.71 bits per heavy atom. The van der Waals surface area contributed by atoms with Crippen molar-refractivity contribution in [3.05, 3.63) is 63.2 Å². The smallest absolute Gasteiger partial charge is 0.257 e. The van der Waals surface area contributed by atoms with E-state index >= 15 is 0 Å². The summed E-state index contributed by atoms with van der Waals surface area (Å²) in [7, 11) is 0. The first-order chi connectivity index (χ1) is 10.0. The molecule has 0 unspecified atom stereocenters. The van der Waals surface area contributed by atoms with Crippen LogP contribution < -0.4 is 5.32 Å². The van der Waals surface area contributed by atoms with Gasteiger partial charge in [-0.25, -0.2) is 0 Å². The van der Waals surface area contributed by atoms with Gasteiger partial charge in [0.05, 0.1) is 16.3 Å². The van der Waals surface area contributed by atoms with Crippen LogP contribution in [0.1, 0.15) is 10.4 Å². The second-order valence-corrected chi connectivity index (χ2v) is 5.75. The molecule has 3 rings (SSSR count). The third kappa shape index (κ3) is 2.86. The molecule has 0 fully saturated rings. The van der Waals surface area contributed by atoms with Crippen LogP contribution in [0, 0.1) is 0 Å². The van der Waals surface area contributed by atoms with E-state index in [0.717, 1.165) is 10.9 Å². The van der Waals surface area contributed by atoms with Crippen LogP contribution in [0.2, 0.25) is 15.1 Å². The van der Waals surface area contributed by atoms with E-state index < -0.39 is 0 Å². The van der Waals surface area contributed by atoms with Crippen molar-refractivity contribution >= 4 is 57.3 Å². The highest BCUT2D eigenvalue weighted by Gasteiger charge is 2.13. The van der Waals surface area contributed by atoms with Crippen molar-refractivity contribution in [3.8, 4) is 0 Å². The lowest BCUT2D eigenvalue weighted by atomic mass is 10.1. The number of fused-ring (bicyclic) bond motifs is 1. The van der Waals surface area contributed by atoms with Crippen molar-refractivity contribution < 1.29 is 4.79 Å². The number of hydrogen-bond acceptors (Lipinski definition) is 1. The number of aromatic nitrogens is 1. The van der Waals surface area contributed by atoms with Crippen molar-refractivity contribution in [2.24, 2.45) is 0 Å². The number of benzene rings is 2. The number of rotatable bonds is 2. The highest BCUT2D eigenvalue weighted by molar-refractivity contribution is 6.37. The lowest BCUT2D eigenvalue weighted by molar-refractivity contribution is 0.102. The molecule has 2 aromatic carbocycles. The van der Waals surface area contributed by atoms with Gasteiger partial charge in [0.2, 0.25) is 0 Å². The lowest BCUT2D eigenvalue weighted by Crippen LogP contribution is -2.11. The summed E-state index contributed by atoms with van der Waals surface area (Å²) in [6.45, 7) is 0. The van der Waals surface area contributed by atoms with Gasteiger partial charge in [-0.3, -0.25) is 4.79 Å². The Labute approximate surface area is 135 Å². The van der Waals surface area contributed by atoms with Crippen LogP contribution in [0.5, 0.6) is 0 Å². The van der Waals surface area contributed by atoms with Gasteiger partial charge in [-0.1, -0.05) is 40.9 Å². The first-order valence-corrected chi connectivity index (χ1v) is 7.21. The zero-order valence-electron chi connectivity index (χ0n) is 10.6. The Hall–Kier alpha value is -1.68. The number of H-pyrrole nitrogens is 1. The number of nitrogens with one attached hydrogen (secondary N) is 2. The predicted octanol–water partition coefficient (Wildman–Crippen LogP) is 5.38. The van der Waals surface area contributed by atoms with Crippen LogP contribution in [0.25, 0.3) is 10.9 Å². The van der Waals surface area contributed by atoms with Crippen LogP contribution in [-0.2, 0) is 0 Å². The van der Waals surface area contributed by atoms with E-state index in [9.17, 15) is 4.79 Å². The molecule has 2 N–H and O–H groups in total. The molecule has 0 saturated carbocycles. The molecule has 0 atom stereocenters. The second-order valence-electron chi connectivity index (χ2n) is 4.47. The van der Waals surface area contributed by atoms with E-state index in [4.69, 9.17) is 34.8 Å². The zero-order valence-corrected chi connectivity index (χ0v) is 12.9. The minimum Gasteiger partial charge on any atom is -0.360 e. The number of aromatic amines is 1. The van der Waals surface area contributed by atoms with Gasteiger partial charge in [0.1, 0.15) is 0 Å². The predicted molar refractivity (Wildman–Crippen MR) is 87.7 cm³/mol. The molecular formula is C15H9Cl3N2O. The normalized spacial score (nSPS) is 10.8. The van der Waals surface area contributed by atoms with Gasteiger partial charge in [-0.15, -0.1) is 0 Å². The summed E-state index contributed by atoms with van der Waals surface area (Å²) in [5, 5.41) is 5.07. The molecule has 0 saturated heterocycles. The molecule has 1 heterocycles. The minimum absolute atomic E-state index is 0.257. The van der Waals surface area contributed by atoms with Gasteiger partial charge in [0.25, 0.3) is 5.91 Å². The third-order valence-electron chi connectivity index (χ3n) is 3.07. The number of carbonyl (C=O) groups is 1. The Kier molecular flexibility index (Phi) is 3.81. The lowest BCUT2D eigenvalue weighted by Gasteiger charge is -2.07. The van der Waals surface area contributed by atoms with Gasteiger partial charge < -0.3 is 10.3 Å². The molecule has 0 bridgehead atoms. The highest BCUT2D eigenvalue weighted by Crippen LogP contribution is 2.27. The summed E-state index contributed by atoms with van der Waals surface area (Å²) in [5.41, 5.74) is 1.83. The summed E-state index contributed by atoms with van der Waals surface area (Å²) < 4.78 is 0. The van der Waals surface area contributed by atoms with E-state index in [1.54, 1.807) is 42.6 Å². The van der Waals surface area contributed by atoms with Gasteiger partial charge in [-0.05, 0) is 30.3 Å². The fourth-order valence-electron chi connectivity index (χ4n) is 2.07. The molecule has 3 nitrogen and oxygen atoms in total. The van der Waals surface area contributed by atoms with E-state index in [1.807, 2.05) is 0 Å². The van der Waals surface area contributed by atoms with Gasteiger partial charge in [0, 0.05) is 27.1 Å². The van der Waals surface area contributed by atoms with Crippen molar-refractivity contribution in [2.45, 2.75) is 0 Å². The maximum absolute atomic E-state index is 12.4. The average molecular weight is 340 g/mol. The average Bonchev–Trinajstić information content (AvgIpc) is 2.84. The van der Waals surface area contributed by atoms with Crippen molar-refractivity contribution in [1.29, 1.82) is 0 Å². The van der Waals surface area contributed by atoms with E-state index in [0.29, 0.717) is 26.3 Å². The number of amides is 1. The van der Waals surface area contributed by atoms with Gasteiger partial charge in [-0.2, -0.15) is 0 Å². The van der Waals surface area contributed by atoms with Gasteiger partial charge >= 0.3 is 0 Å². The number of carbonyl (C=O) groups excluding carboxylic acids is 1. The SMILES string of the molecule is O=C(Nc1ccc(Cl)cc1Cl)c1c[nH]c2cc(Cl)ccc12. The van der Waals surface area contributed by atoms with Crippen LogP contribution >= 0.6 is 34.8 Å². The standard InChI is InChI=1S/C15H9Cl3N2O/c16-8-2-4-13(12(18)5-8)20-15(21)11-7-19-14-6-9(17)1-3-10(11)14/h1-7,19H,(H,20,21). The second kappa shape index (κ2) is 5.60. The topological polar surface area (TPSA) is 44.9 Å². The van der Waals surface area contributed by atoms with E-state index in [1.165, 1.54) is 0 Å². The molecule has 1 amide bonds. The Balaban J connectivity index is 1.94. The van der Waals surface area contributed by atoms with Crippen LogP contribution in [-0.4, -0.2) is 10.9 Å². The summed E-state index contributed by atoms with van der Waals surface area (Å²) in [6, 6.07) is 10.2. The molecule has 0 aliphatic heterocycles. The van der Waals surface area contributed by atoms with Crippen molar-refractivity contribution in [3.63, 3.8) is 0 Å². The Morgan fingerprint density at radius 3 is 2.48 bits per heavy atom. The molecule has 106 valence electrons. The summed E-state index contributed by atoms with van der Waals surface area (Å²) in [5.74, 6) is -0.257. The first kappa shape index (κ1) is 14.3. The third-order valence-corrected chi connectivity index (χ3v) is 3.85. The maximum Gasteiger partial charge on any atom is 0.257 e. The summed E-state index contributed by atoms with van der Waals surface area (Å²) in [4.78, 5) is 15.4. The number of anilines is 1.